The smallest absolute Gasteiger partial charge is 0.497 e. The van der Waals surface area contributed by atoms with Crippen LogP contribution < -0.4 is 23.6 Å². The second kappa shape index (κ2) is 6.31. The molecule has 0 fully saturated rings. The Kier molecular flexibility index (Phi) is 5.78. The van der Waals surface area contributed by atoms with E-state index in [1.807, 2.05) is 0 Å². The van der Waals surface area contributed by atoms with Gasteiger partial charge >= 0.3 is 24.8 Å². The molecule has 1 rings (SSSR count). The molecule has 0 aliphatic rings. The van der Waals surface area contributed by atoms with E-state index in [2.05, 4.69) is 0 Å². The van der Waals surface area contributed by atoms with Gasteiger partial charge in [-0.1, -0.05) is 12.1 Å². The summed E-state index contributed by atoms with van der Waals surface area (Å²) in [5.74, 6) is -0.191. The number of carboxylic acids is 1. The average Bonchev–Trinajstić information content (AvgIpc) is 2.15. The Morgan fingerprint density at radius 1 is 1.36 bits per heavy atom. The Morgan fingerprint density at radius 3 is 2.36 bits per heavy atom. The van der Waals surface area contributed by atoms with Gasteiger partial charge in [0.15, 0.2) is 0 Å². The maximum Gasteiger partial charge on any atom is 1.00 e. The van der Waals surface area contributed by atoms with Crippen molar-refractivity contribution in [3.63, 3.8) is 0 Å². The fourth-order valence-electron chi connectivity index (χ4n) is 0.883. The molecule has 0 unspecified atom stereocenters. The van der Waals surface area contributed by atoms with Crippen LogP contribution in [0.3, 0.4) is 0 Å². The van der Waals surface area contributed by atoms with Crippen LogP contribution in [0.5, 0.6) is 5.75 Å². The molecule has 0 spiro atoms. The van der Waals surface area contributed by atoms with Crippen LogP contribution in [-0.4, -0.2) is 18.2 Å². The number of carboxylic acid groups (broad SMARTS) is 1. The molecular weight excluding hydrogens is 175 g/mol. The van der Waals surface area contributed by atoms with Gasteiger partial charge in [0, 0.05) is 6.08 Å². The van der Waals surface area contributed by atoms with E-state index in [-0.39, 0.29) is 18.9 Å². The van der Waals surface area contributed by atoms with Crippen molar-refractivity contribution < 1.29 is 33.5 Å². The number of benzene rings is 1. The fourth-order valence-corrected chi connectivity index (χ4v) is 0.883. The molecule has 1 aromatic rings. The Hall–Kier alpha value is -1.17. The van der Waals surface area contributed by atoms with Crippen LogP contribution in [0.1, 0.15) is 5.56 Å². The summed E-state index contributed by atoms with van der Waals surface area (Å²) in [6.07, 6.45) is 2.63. The third-order valence-corrected chi connectivity index (χ3v) is 1.53. The van der Waals surface area contributed by atoms with Gasteiger partial charge in [-0.25, -0.2) is 4.79 Å². The van der Waals surface area contributed by atoms with Crippen molar-refractivity contribution in [3.8, 4) is 5.75 Å². The molecule has 68 valence electrons. The molecule has 4 heteroatoms. The number of methoxy groups -OCH3 is 1. The van der Waals surface area contributed by atoms with Crippen molar-refractivity contribution >= 4 is 12.0 Å². The number of carbonyl (C=O) groups is 1. The molecule has 1 N–H and O–H groups in total. The number of ether oxygens (including phenoxy) is 1. The first-order valence-corrected chi connectivity index (χ1v) is 3.77. The molecule has 0 radical (unpaired) electrons. The number of hydrogen-bond acceptors (Lipinski definition) is 2. The monoisotopic (exact) mass is 185 g/mol. The van der Waals surface area contributed by atoms with Crippen LogP contribution in [0.15, 0.2) is 30.3 Å². The van der Waals surface area contributed by atoms with Gasteiger partial charge in [0.2, 0.25) is 0 Å². The second-order valence-corrected chi connectivity index (χ2v) is 2.44. The average molecular weight is 185 g/mol. The van der Waals surface area contributed by atoms with E-state index in [9.17, 15) is 4.79 Å². The summed E-state index contributed by atoms with van der Waals surface area (Å²) in [6, 6.07) is 7.14. The van der Waals surface area contributed by atoms with Gasteiger partial charge in [-0.3, -0.25) is 0 Å². The number of aliphatic carboxylic acids is 1. The molecule has 0 aliphatic heterocycles. The molecule has 0 heterocycles. The summed E-state index contributed by atoms with van der Waals surface area (Å²) >= 11 is 0. The number of rotatable bonds is 3. The first-order chi connectivity index (χ1) is 6.22. The van der Waals surface area contributed by atoms with Crippen LogP contribution >= 0.6 is 0 Å². The van der Waals surface area contributed by atoms with Crippen molar-refractivity contribution in [3.05, 3.63) is 35.9 Å². The van der Waals surface area contributed by atoms with Crippen molar-refractivity contribution in [1.82, 2.24) is 0 Å². The molecule has 0 saturated heterocycles. The summed E-state index contributed by atoms with van der Waals surface area (Å²) in [4.78, 5) is 10.2. The summed E-state index contributed by atoms with van der Waals surface area (Å²) < 4.78 is 4.95. The quantitative estimate of drug-likeness (QED) is 0.475. The molecular formula is C10H10LiO3+. The van der Waals surface area contributed by atoms with Gasteiger partial charge in [-0.15, -0.1) is 0 Å². The predicted molar refractivity (Wildman–Crippen MR) is 49.7 cm³/mol. The van der Waals surface area contributed by atoms with Crippen molar-refractivity contribution in [1.29, 1.82) is 0 Å². The van der Waals surface area contributed by atoms with E-state index in [0.717, 1.165) is 17.4 Å². The zero-order chi connectivity index (χ0) is 9.68. The molecule has 0 aliphatic carbocycles. The molecule has 0 amide bonds. The van der Waals surface area contributed by atoms with E-state index in [4.69, 9.17) is 9.84 Å². The zero-order valence-electron chi connectivity index (χ0n) is 8.23. The van der Waals surface area contributed by atoms with Crippen molar-refractivity contribution in [2.45, 2.75) is 0 Å². The number of hydrogen-bond donors (Lipinski definition) is 1. The van der Waals surface area contributed by atoms with Crippen molar-refractivity contribution in [2.75, 3.05) is 7.11 Å². The van der Waals surface area contributed by atoms with Crippen LogP contribution in [0.2, 0.25) is 0 Å². The minimum Gasteiger partial charge on any atom is -0.497 e. The summed E-state index contributed by atoms with van der Waals surface area (Å²) in [5.41, 5.74) is 0.836. The Morgan fingerprint density at radius 2 is 1.93 bits per heavy atom. The first kappa shape index (κ1) is 12.8. The van der Waals surface area contributed by atoms with Gasteiger partial charge < -0.3 is 9.84 Å². The van der Waals surface area contributed by atoms with Gasteiger partial charge in [0.05, 0.1) is 7.11 Å². The summed E-state index contributed by atoms with van der Waals surface area (Å²) in [5, 5.41) is 8.36. The van der Waals surface area contributed by atoms with Crippen molar-refractivity contribution in [2.24, 2.45) is 0 Å². The summed E-state index contributed by atoms with van der Waals surface area (Å²) in [7, 11) is 1.59. The van der Waals surface area contributed by atoms with Crippen LogP contribution in [0, 0.1) is 0 Å². The van der Waals surface area contributed by atoms with Gasteiger partial charge in [0.1, 0.15) is 5.75 Å². The SMILES string of the molecule is COc1ccc(/C=C/C(=O)O)cc1.[Li+]. The third kappa shape index (κ3) is 4.17. The van der Waals surface area contributed by atoms with Gasteiger partial charge in [-0.2, -0.15) is 0 Å². The molecule has 3 nitrogen and oxygen atoms in total. The standard InChI is InChI=1S/C10H10O3.Li/c1-13-9-5-2-8(3-6-9)4-7-10(11)12;/h2-7H,1H3,(H,11,12);/q;+1/b7-4+;. The predicted octanol–water partition coefficient (Wildman–Crippen LogP) is -1.20. The van der Waals surface area contributed by atoms with E-state index >= 15 is 0 Å². The fraction of sp³-hybridized carbons (Fsp3) is 0.100. The molecule has 0 aromatic heterocycles. The minimum absolute atomic E-state index is 0. The maximum atomic E-state index is 10.2. The van der Waals surface area contributed by atoms with Crippen LogP contribution in [0.4, 0.5) is 0 Å². The molecule has 0 atom stereocenters. The maximum absolute atomic E-state index is 10.2. The summed E-state index contributed by atoms with van der Waals surface area (Å²) in [6.45, 7) is 0. The van der Waals surface area contributed by atoms with Crippen LogP contribution in [-0.2, 0) is 4.79 Å². The Labute approximate surface area is 94.6 Å². The van der Waals surface area contributed by atoms with E-state index in [1.165, 1.54) is 6.08 Å². The topological polar surface area (TPSA) is 46.5 Å². The van der Waals surface area contributed by atoms with Crippen LogP contribution in [0.25, 0.3) is 6.08 Å². The largest absolute Gasteiger partial charge is 1.00 e. The molecule has 14 heavy (non-hydrogen) atoms. The van der Waals surface area contributed by atoms with Gasteiger partial charge in [-0.05, 0) is 23.8 Å². The van der Waals surface area contributed by atoms with E-state index in [1.54, 1.807) is 31.4 Å². The normalized spacial score (nSPS) is 9.50. The zero-order valence-corrected chi connectivity index (χ0v) is 8.23. The minimum atomic E-state index is -0.948. The Balaban J connectivity index is 0.00000169. The molecule has 0 bridgehead atoms. The second-order valence-electron chi connectivity index (χ2n) is 2.44. The molecule has 1 aromatic carbocycles. The van der Waals surface area contributed by atoms with E-state index < -0.39 is 5.97 Å². The van der Waals surface area contributed by atoms with Gasteiger partial charge in [0.25, 0.3) is 0 Å². The first-order valence-electron chi connectivity index (χ1n) is 3.77. The third-order valence-electron chi connectivity index (χ3n) is 1.53. The Bertz CT molecular complexity index is 317. The van der Waals surface area contributed by atoms with E-state index in [0.29, 0.717) is 0 Å². The molecule has 0 saturated carbocycles.